The highest BCUT2D eigenvalue weighted by Gasteiger charge is 2.45. The molecule has 36 heavy (non-hydrogen) atoms. The van der Waals surface area contributed by atoms with E-state index in [0.717, 1.165) is 20.0 Å². The zero-order valence-electron chi connectivity index (χ0n) is 23.0. The van der Waals surface area contributed by atoms with Crippen LogP contribution in [-0.2, 0) is 27.9 Å². The van der Waals surface area contributed by atoms with Gasteiger partial charge in [-0.3, -0.25) is 13.8 Å². The van der Waals surface area contributed by atoms with E-state index in [1.54, 1.807) is 0 Å². The van der Waals surface area contributed by atoms with E-state index in [2.05, 4.69) is 16.8 Å². The van der Waals surface area contributed by atoms with Crippen LogP contribution in [0.2, 0.25) is 0 Å². The summed E-state index contributed by atoms with van der Waals surface area (Å²) >= 11 is 0. The third kappa shape index (κ3) is 15.1. The largest absolute Gasteiger partial charge is 0.472 e. The molecule has 0 bridgehead atoms. The topological polar surface area (TPSA) is 103 Å². The molecule has 0 aromatic heterocycles. The first-order valence-electron chi connectivity index (χ1n) is 14.1. The molecule has 210 valence electrons. The number of methoxy groups -OCH3 is 1. The second kappa shape index (κ2) is 20.5. The number of hydrogen-bond acceptors (Lipinski definition) is 6. The summed E-state index contributed by atoms with van der Waals surface area (Å²) in [6.45, 7) is 2.96. The summed E-state index contributed by atoms with van der Waals surface area (Å²) in [6.07, 6.45) is 17.2. The van der Waals surface area contributed by atoms with E-state index in [4.69, 9.17) is 21.8 Å². The number of carbonyl (C=O) groups excluding carboxylic acids is 1. The molecule has 0 spiro atoms. The fraction of sp³-hybridized carbons (Fsp3) is 0.962. The first-order valence-corrected chi connectivity index (χ1v) is 15.6. The summed E-state index contributed by atoms with van der Waals surface area (Å²) in [5, 5.41) is 2.96. The van der Waals surface area contributed by atoms with Crippen LogP contribution >= 0.6 is 7.82 Å². The van der Waals surface area contributed by atoms with Crippen LogP contribution < -0.4 is 5.32 Å². The maximum Gasteiger partial charge on any atom is 0.472 e. The molecule has 0 aliphatic carbocycles. The Labute approximate surface area is 221 Å². The number of carbonyl (C=O) groups is 1. The molecule has 1 heterocycles. The minimum absolute atomic E-state index is 0.0642. The molecule has 0 saturated carbocycles. The average Bonchev–Trinajstić information content (AvgIpc) is 3.13. The van der Waals surface area contributed by atoms with Crippen molar-refractivity contribution in [2.24, 2.45) is 5.92 Å². The maximum absolute atomic E-state index is 12.1. The summed E-state index contributed by atoms with van der Waals surface area (Å²) in [7, 11) is 4.53. The van der Waals surface area contributed by atoms with E-state index < -0.39 is 26.0 Å². The van der Waals surface area contributed by atoms with Crippen LogP contribution in [0.5, 0.6) is 0 Å². The highest BCUT2D eigenvalue weighted by Crippen LogP contribution is 2.48. The summed E-state index contributed by atoms with van der Waals surface area (Å²) in [5.41, 5.74) is 0. The Bertz CT molecular complexity index is 613. The van der Waals surface area contributed by atoms with Gasteiger partial charge in [0.2, 0.25) is 5.91 Å². The Morgan fingerprint density at radius 2 is 1.50 bits per heavy atom. The van der Waals surface area contributed by atoms with Crippen molar-refractivity contribution in [2.45, 2.75) is 128 Å². The van der Waals surface area contributed by atoms with E-state index in [9.17, 15) is 14.3 Å². The van der Waals surface area contributed by atoms with Crippen molar-refractivity contribution in [3.05, 3.63) is 0 Å². The molecule has 10 heteroatoms. The van der Waals surface area contributed by atoms with Crippen molar-refractivity contribution in [1.29, 1.82) is 0 Å². The van der Waals surface area contributed by atoms with Gasteiger partial charge in [-0.1, -0.05) is 84.0 Å². The molecule has 0 aromatic carbocycles. The minimum atomic E-state index is -4.20. The summed E-state index contributed by atoms with van der Waals surface area (Å²) in [6, 6.07) is -0.645. The molecule has 8 nitrogen and oxygen atoms in total. The quantitative estimate of drug-likeness (QED) is 0.0998. The van der Waals surface area contributed by atoms with Gasteiger partial charge in [0.1, 0.15) is 20.1 Å². The molecule has 1 aliphatic rings. The summed E-state index contributed by atoms with van der Waals surface area (Å²) < 4.78 is 32.6. The minimum Gasteiger partial charge on any atom is -0.382 e. The molecule has 0 aromatic rings. The monoisotopic (exact) mass is 531 g/mol. The Hall–Kier alpha value is -0.435. The van der Waals surface area contributed by atoms with E-state index in [1.807, 2.05) is 0 Å². The molecule has 1 aliphatic heterocycles. The average molecular weight is 531 g/mol. The number of rotatable bonds is 23. The zero-order valence-corrected chi connectivity index (χ0v) is 23.9. The molecule has 1 rings (SSSR count). The van der Waals surface area contributed by atoms with E-state index in [0.29, 0.717) is 25.8 Å². The predicted molar refractivity (Wildman–Crippen MR) is 144 cm³/mol. The third-order valence-corrected chi connectivity index (χ3v) is 7.87. The Morgan fingerprint density at radius 1 is 0.944 bits per heavy atom. The van der Waals surface area contributed by atoms with Crippen LogP contribution in [0.4, 0.5) is 0 Å². The molecule has 1 fully saturated rings. The number of nitrogens with one attached hydrogen (secondary N) is 1. The lowest BCUT2D eigenvalue weighted by molar-refractivity contribution is -0.121. The second-order valence-corrected chi connectivity index (χ2v) is 11.5. The number of hydrogen-bond donors (Lipinski definition) is 2. The van der Waals surface area contributed by atoms with Crippen LogP contribution in [0.3, 0.4) is 0 Å². The molecule has 5 atom stereocenters. The van der Waals surface area contributed by atoms with Crippen molar-refractivity contribution in [1.82, 2.24) is 5.32 Å². The Kier molecular flexibility index (Phi) is 19.1. The van der Waals surface area contributed by atoms with E-state index in [1.165, 1.54) is 77.7 Å². The summed E-state index contributed by atoms with van der Waals surface area (Å²) in [5.74, 6) is -0.243. The third-order valence-electron chi connectivity index (χ3n) is 6.90. The van der Waals surface area contributed by atoms with Gasteiger partial charge in [-0.2, -0.15) is 0 Å². The van der Waals surface area contributed by atoms with Crippen LogP contribution in [0.1, 0.15) is 110 Å². The molecule has 2 N–H and O–H groups in total. The van der Waals surface area contributed by atoms with Gasteiger partial charge in [-0.05, 0) is 19.3 Å². The van der Waals surface area contributed by atoms with Gasteiger partial charge in [-0.15, -0.1) is 0 Å². The predicted octanol–water partition coefficient (Wildman–Crippen LogP) is 5.65. The number of phosphoric ester groups is 1. The van der Waals surface area contributed by atoms with Crippen molar-refractivity contribution in [3.63, 3.8) is 0 Å². The number of ether oxygens (including phenoxy) is 2. The van der Waals surface area contributed by atoms with E-state index >= 15 is 0 Å². The van der Waals surface area contributed by atoms with Crippen LogP contribution in [0.15, 0.2) is 0 Å². The van der Waals surface area contributed by atoms with Crippen molar-refractivity contribution < 1.29 is 32.8 Å². The van der Waals surface area contributed by atoms with Gasteiger partial charge in [0.05, 0.1) is 6.61 Å². The highest BCUT2D eigenvalue weighted by molar-refractivity contribution is 7.47. The normalized spacial score (nSPS) is 23.6. The smallest absolute Gasteiger partial charge is 0.382 e. The maximum atomic E-state index is 12.1. The lowest BCUT2D eigenvalue weighted by Crippen LogP contribution is -2.33. The van der Waals surface area contributed by atoms with Gasteiger partial charge in [-0.25, -0.2) is 4.57 Å². The van der Waals surface area contributed by atoms with Gasteiger partial charge >= 0.3 is 7.82 Å². The van der Waals surface area contributed by atoms with Crippen LogP contribution in [-0.4, -0.2) is 64.2 Å². The second-order valence-electron chi connectivity index (χ2n) is 9.96. The van der Waals surface area contributed by atoms with Gasteiger partial charge in [0.25, 0.3) is 0 Å². The van der Waals surface area contributed by atoms with Crippen LogP contribution in [0.25, 0.3) is 0 Å². The van der Waals surface area contributed by atoms with E-state index in [-0.39, 0.29) is 18.4 Å². The van der Waals surface area contributed by atoms with Crippen molar-refractivity contribution in [3.8, 4) is 0 Å². The number of amides is 1. The number of unbranched alkanes of at least 4 members (excludes halogenated alkanes) is 12. The van der Waals surface area contributed by atoms with Gasteiger partial charge in [0.15, 0.2) is 0 Å². The molecule has 2 unspecified atom stereocenters. The Balaban J connectivity index is 2.10. The lowest BCUT2D eigenvalue weighted by Gasteiger charge is -2.25. The molecular formula is C26H51BNO7P. The fourth-order valence-electron chi connectivity index (χ4n) is 4.77. The Morgan fingerprint density at radius 3 is 2.03 bits per heavy atom. The molecule has 1 saturated heterocycles. The van der Waals surface area contributed by atoms with Crippen molar-refractivity contribution >= 4 is 21.6 Å². The van der Waals surface area contributed by atoms with Gasteiger partial charge in [0, 0.05) is 39.1 Å². The lowest BCUT2D eigenvalue weighted by atomic mass is 9.82. The standard InChI is InChI=1S/C26H51BNO7P/c1-4-5-6-7-8-9-10-11-12-13-14-15-16-19-24(29)28-20-17-18-22-25(35-36(30,31)33-3)23(21-32-2)34-26(22)27/h22-23,25-26H,4-21H2,1-3H3,(H,28,29)(H,30,31)/t22?,23-,25-,26-/m1/s1. The molecule has 2 radical (unpaired) electrons. The summed E-state index contributed by atoms with van der Waals surface area (Å²) in [4.78, 5) is 21.9. The van der Waals surface area contributed by atoms with Crippen LogP contribution in [0, 0.1) is 5.92 Å². The first-order chi connectivity index (χ1) is 17.3. The zero-order chi connectivity index (χ0) is 26.7. The number of phosphoric acid groups is 1. The van der Waals surface area contributed by atoms with Crippen molar-refractivity contribution in [2.75, 3.05) is 27.4 Å². The molecule has 1 amide bonds. The van der Waals surface area contributed by atoms with Gasteiger partial charge < -0.3 is 19.7 Å². The highest BCUT2D eigenvalue weighted by atomic mass is 31.2. The first kappa shape index (κ1) is 33.6. The fourth-order valence-corrected chi connectivity index (χ4v) is 5.46. The molecular weight excluding hydrogens is 480 g/mol. The SMILES string of the molecule is [B][C@@H]1O[C@H](COC)[C@H](OP(=O)(O)OC)C1CCCNC(=O)CCCCCCCCCCCCCCC.